The number of carbonyl (C=O) groups is 1. The summed E-state index contributed by atoms with van der Waals surface area (Å²) in [5.74, 6) is 0.806. The monoisotopic (exact) mass is 242 g/mol. The van der Waals surface area contributed by atoms with Crippen LogP contribution in [0.25, 0.3) is 0 Å². The molecule has 0 saturated heterocycles. The van der Waals surface area contributed by atoms with Crippen molar-refractivity contribution in [1.82, 2.24) is 10.2 Å². The van der Waals surface area contributed by atoms with E-state index in [9.17, 15) is 4.79 Å². The van der Waals surface area contributed by atoms with Gasteiger partial charge in [0.15, 0.2) is 0 Å². The zero-order chi connectivity index (χ0) is 13.6. The van der Waals surface area contributed by atoms with Crippen LogP contribution in [0.2, 0.25) is 0 Å². The maximum absolute atomic E-state index is 12.1. The summed E-state index contributed by atoms with van der Waals surface area (Å²) < 4.78 is 0. The van der Waals surface area contributed by atoms with Crippen molar-refractivity contribution in [2.75, 3.05) is 19.6 Å². The molecule has 3 heteroatoms. The Bertz CT molecular complexity index is 232. The van der Waals surface area contributed by atoms with Crippen LogP contribution >= 0.6 is 0 Å². The molecule has 0 aromatic rings. The Labute approximate surface area is 107 Å². The van der Waals surface area contributed by atoms with Gasteiger partial charge in [-0.15, -0.1) is 0 Å². The molecular weight excluding hydrogens is 212 g/mol. The fourth-order valence-electron chi connectivity index (χ4n) is 1.52. The summed E-state index contributed by atoms with van der Waals surface area (Å²) >= 11 is 0. The summed E-state index contributed by atoms with van der Waals surface area (Å²) in [5, 5.41) is 3.36. The van der Waals surface area contributed by atoms with Crippen molar-refractivity contribution in [3.05, 3.63) is 0 Å². The molecule has 0 aromatic heterocycles. The standard InChI is InChI=1S/C14H30N2O/c1-8-16(9-2)13(17)12(5)15-10-14(6,7)11(3)4/h11-12,15H,8-10H2,1-7H3. The topological polar surface area (TPSA) is 32.3 Å². The van der Waals surface area contributed by atoms with Crippen molar-refractivity contribution in [2.45, 2.75) is 54.5 Å². The van der Waals surface area contributed by atoms with Gasteiger partial charge in [-0.2, -0.15) is 0 Å². The van der Waals surface area contributed by atoms with Gasteiger partial charge in [0.1, 0.15) is 0 Å². The first kappa shape index (κ1) is 16.4. The molecule has 0 aliphatic carbocycles. The van der Waals surface area contributed by atoms with Crippen LogP contribution in [0.1, 0.15) is 48.5 Å². The smallest absolute Gasteiger partial charge is 0.239 e. The van der Waals surface area contributed by atoms with Gasteiger partial charge >= 0.3 is 0 Å². The van der Waals surface area contributed by atoms with E-state index >= 15 is 0 Å². The van der Waals surface area contributed by atoms with E-state index in [1.165, 1.54) is 0 Å². The Hall–Kier alpha value is -0.570. The number of hydrogen-bond acceptors (Lipinski definition) is 2. The van der Waals surface area contributed by atoms with Crippen LogP contribution in [0, 0.1) is 11.3 Å². The molecular formula is C14H30N2O. The van der Waals surface area contributed by atoms with Gasteiger partial charge in [-0.05, 0) is 32.1 Å². The van der Waals surface area contributed by atoms with Gasteiger partial charge in [-0.25, -0.2) is 0 Å². The summed E-state index contributed by atoms with van der Waals surface area (Å²) in [6.07, 6.45) is 0. The van der Waals surface area contributed by atoms with E-state index in [1.807, 2.05) is 25.7 Å². The van der Waals surface area contributed by atoms with Crippen LogP contribution < -0.4 is 5.32 Å². The minimum absolute atomic E-state index is 0.0899. The summed E-state index contributed by atoms with van der Waals surface area (Å²) in [7, 11) is 0. The van der Waals surface area contributed by atoms with Crippen molar-refractivity contribution in [2.24, 2.45) is 11.3 Å². The third kappa shape index (κ3) is 5.07. The molecule has 0 heterocycles. The lowest BCUT2D eigenvalue weighted by atomic mass is 9.81. The summed E-state index contributed by atoms with van der Waals surface area (Å²) in [6.45, 7) is 17.4. The number of amides is 1. The highest BCUT2D eigenvalue weighted by molar-refractivity contribution is 5.81. The van der Waals surface area contributed by atoms with E-state index < -0.39 is 0 Å². The predicted molar refractivity (Wildman–Crippen MR) is 74.0 cm³/mol. The first-order chi connectivity index (χ1) is 7.76. The molecule has 0 radical (unpaired) electrons. The molecule has 102 valence electrons. The van der Waals surface area contributed by atoms with Gasteiger partial charge in [-0.1, -0.05) is 27.7 Å². The van der Waals surface area contributed by atoms with Gasteiger partial charge in [0.25, 0.3) is 0 Å². The van der Waals surface area contributed by atoms with Crippen LogP contribution in [-0.2, 0) is 4.79 Å². The average Bonchev–Trinajstić information content (AvgIpc) is 2.27. The summed E-state index contributed by atoms with van der Waals surface area (Å²) in [5.41, 5.74) is 0.220. The largest absolute Gasteiger partial charge is 0.342 e. The van der Waals surface area contributed by atoms with Crippen LogP contribution in [0.5, 0.6) is 0 Å². The maximum atomic E-state index is 12.1. The number of carbonyl (C=O) groups excluding carboxylic acids is 1. The molecule has 0 fully saturated rings. The Morgan fingerprint density at radius 3 is 2.00 bits per heavy atom. The number of likely N-dealkylation sites (N-methyl/N-ethyl adjacent to an activating group) is 1. The van der Waals surface area contributed by atoms with E-state index in [0.717, 1.165) is 19.6 Å². The highest BCUT2D eigenvalue weighted by Crippen LogP contribution is 2.24. The maximum Gasteiger partial charge on any atom is 0.239 e. The minimum atomic E-state index is -0.0899. The first-order valence-electron chi connectivity index (χ1n) is 6.78. The molecule has 0 aliphatic rings. The van der Waals surface area contributed by atoms with Crippen LogP contribution in [-0.4, -0.2) is 36.5 Å². The zero-order valence-corrected chi connectivity index (χ0v) is 12.6. The number of hydrogen-bond donors (Lipinski definition) is 1. The van der Waals surface area contributed by atoms with Crippen molar-refractivity contribution >= 4 is 5.91 Å². The molecule has 1 N–H and O–H groups in total. The molecule has 1 amide bonds. The van der Waals surface area contributed by atoms with E-state index in [4.69, 9.17) is 0 Å². The second-order valence-corrected chi connectivity index (χ2v) is 5.76. The first-order valence-corrected chi connectivity index (χ1v) is 6.78. The van der Waals surface area contributed by atoms with E-state index in [2.05, 4.69) is 33.0 Å². The highest BCUT2D eigenvalue weighted by Gasteiger charge is 2.25. The lowest BCUT2D eigenvalue weighted by Crippen LogP contribution is -2.47. The normalized spacial score (nSPS) is 13.9. The molecule has 0 spiro atoms. The molecule has 3 nitrogen and oxygen atoms in total. The molecule has 0 bridgehead atoms. The third-order valence-electron chi connectivity index (χ3n) is 3.87. The fourth-order valence-corrected chi connectivity index (χ4v) is 1.52. The second kappa shape index (κ2) is 7.00. The summed E-state index contributed by atoms with van der Waals surface area (Å²) in [6, 6.07) is -0.0899. The van der Waals surface area contributed by atoms with E-state index in [1.54, 1.807) is 0 Å². The van der Waals surface area contributed by atoms with Gasteiger partial charge < -0.3 is 10.2 Å². The van der Waals surface area contributed by atoms with Gasteiger partial charge in [-0.3, -0.25) is 4.79 Å². The lowest BCUT2D eigenvalue weighted by molar-refractivity contribution is -0.132. The Balaban J connectivity index is 4.27. The molecule has 0 aliphatic heterocycles. The van der Waals surface area contributed by atoms with Crippen LogP contribution in [0.4, 0.5) is 0 Å². The molecule has 1 atom stereocenters. The quantitative estimate of drug-likeness (QED) is 0.744. The third-order valence-corrected chi connectivity index (χ3v) is 3.87. The van der Waals surface area contributed by atoms with E-state index in [0.29, 0.717) is 5.92 Å². The number of nitrogens with one attached hydrogen (secondary N) is 1. The van der Waals surface area contributed by atoms with Crippen molar-refractivity contribution < 1.29 is 4.79 Å². The lowest BCUT2D eigenvalue weighted by Gasteiger charge is -2.32. The van der Waals surface area contributed by atoms with Gasteiger partial charge in [0, 0.05) is 19.6 Å². The minimum Gasteiger partial charge on any atom is -0.342 e. The van der Waals surface area contributed by atoms with E-state index in [-0.39, 0.29) is 17.4 Å². The molecule has 0 rings (SSSR count). The number of nitrogens with zero attached hydrogens (tertiary/aromatic N) is 1. The Morgan fingerprint density at radius 1 is 1.18 bits per heavy atom. The average molecular weight is 242 g/mol. The molecule has 1 unspecified atom stereocenters. The van der Waals surface area contributed by atoms with Crippen molar-refractivity contribution in [3.63, 3.8) is 0 Å². The van der Waals surface area contributed by atoms with Gasteiger partial charge in [0.2, 0.25) is 5.91 Å². The second-order valence-electron chi connectivity index (χ2n) is 5.76. The molecule has 0 saturated carbocycles. The van der Waals surface area contributed by atoms with Crippen molar-refractivity contribution in [1.29, 1.82) is 0 Å². The number of rotatable bonds is 7. The van der Waals surface area contributed by atoms with Crippen LogP contribution in [0.15, 0.2) is 0 Å². The molecule has 0 aromatic carbocycles. The SMILES string of the molecule is CCN(CC)C(=O)C(C)NCC(C)(C)C(C)C. The zero-order valence-electron chi connectivity index (χ0n) is 12.6. The van der Waals surface area contributed by atoms with Crippen molar-refractivity contribution in [3.8, 4) is 0 Å². The molecule has 17 heavy (non-hydrogen) atoms. The fraction of sp³-hybridized carbons (Fsp3) is 0.929. The van der Waals surface area contributed by atoms with Gasteiger partial charge in [0.05, 0.1) is 6.04 Å². The highest BCUT2D eigenvalue weighted by atomic mass is 16.2. The summed E-state index contributed by atoms with van der Waals surface area (Å²) in [4.78, 5) is 13.9. The Kier molecular flexibility index (Phi) is 6.76. The Morgan fingerprint density at radius 2 is 1.65 bits per heavy atom. The predicted octanol–water partition coefficient (Wildman–Crippen LogP) is 2.52. The van der Waals surface area contributed by atoms with Crippen LogP contribution in [0.3, 0.4) is 0 Å².